The minimum atomic E-state index is -0.539. The Morgan fingerprint density at radius 2 is 1.89 bits per heavy atom. The van der Waals surface area contributed by atoms with Crippen molar-refractivity contribution >= 4 is 11.9 Å². The Morgan fingerprint density at radius 3 is 2.57 bits per heavy atom. The number of para-hydroxylation sites is 1. The maximum absolute atomic E-state index is 12.4. The fourth-order valence-electron chi connectivity index (χ4n) is 2.91. The molecule has 1 amide bonds. The topological polar surface area (TPSA) is 82.5 Å². The van der Waals surface area contributed by atoms with E-state index in [1.807, 2.05) is 60.3 Å². The first-order valence-electron chi connectivity index (χ1n) is 8.67. The zero-order valence-corrected chi connectivity index (χ0v) is 15.9. The van der Waals surface area contributed by atoms with Crippen LogP contribution in [-0.2, 0) is 9.53 Å². The average molecular weight is 379 g/mol. The van der Waals surface area contributed by atoms with E-state index in [4.69, 9.17) is 4.74 Å². The molecule has 0 aliphatic rings. The second kappa shape index (κ2) is 8.39. The molecule has 0 fully saturated rings. The van der Waals surface area contributed by atoms with Crippen LogP contribution in [-0.4, -0.2) is 42.2 Å². The van der Waals surface area contributed by atoms with Gasteiger partial charge in [0.1, 0.15) is 6.54 Å². The quantitative estimate of drug-likeness (QED) is 0.666. The predicted molar refractivity (Wildman–Crippen MR) is 105 cm³/mol. The highest BCUT2D eigenvalue weighted by molar-refractivity contribution is 5.97. The standard InChI is InChI=1S/C21H21N3O4/c1-14-17(15-9-10-24(13-15)16-7-5-4-6-8-16)11-22-19(20(14)28-3)21(26)23-12-18(25)27-2/h4-11,13H,12H2,1-3H3,(H,23,26). The molecule has 0 bridgehead atoms. The van der Waals surface area contributed by atoms with E-state index in [0.29, 0.717) is 5.75 Å². The lowest BCUT2D eigenvalue weighted by Crippen LogP contribution is -2.31. The number of nitrogens with one attached hydrogen (secondary N) is 1. The minimum absolute atomic E-state index is 0.121. The summed E-state index contributed by atoms with van der Waals surface area (Å²) in [7, 11) is 2.74. The van der Waals surface area contributed by atoms with Crippen LogP contribution in [0.5, 0.6) is 5.75 Å². The Kier molecular flexibility index (Phi) is 5.74. The molecule has 0 aliphatic heterocycles. The van der Waals surface area contributed by atoms with Crippen molar-refractivity contribution in [2.45, 2.75) is 6.92 Å². The molecule has 0 saturated heterocycles. The van der Waals surface area contributed by atoms with Gasteiger partial charge in [-0.2, -0.15) is 0 Å². The molecule has 28 heavy (non-hydrogen) atoms. The van der Waals surface area contributed by atoms with Crippen LogP contribution >= 0.6 is 0 Å². The van der Waals surface area contributed by atoms with Gasteiger partial charge in [0, 0.05) is 41.0 Å². The highest BCUT2D eigenvalue weighted by atomic mass is 16.5. The van der Waals surface area contributed by atoms with E-state index in [2.05, 4.69) is 15.0 Å². The third-order valence-corrected chi connectivity index (χ3v) is 4.38. The predicted octanol–water partition coefficient (Wildman–Crippen LogP) is 2.76. The molecule has 1 N–H and O–H groups in total. The number of ether oxygens (including phenoxy) is 2. The molecule has 2 heterocycles. The molecular formula is C21H21N3O4. The first kappa shape index (κ1) is 19.2. The number of pyridine rings is 1. The van der Waals surface area contributed by atoms with Crippen molar-refractivity contribution in [2.75, 3.05) is 20.8 Å². The summed E-state index contributed by atoms with van der Waals surface area (Å²) in [6.07, 6.45) is 5.60. The molecule has 0 spiro atoms. The molecule has 7 heteroatoms. The smallest absolute Gasteiger partial charge is 0.325 e. The summed E-state index contributed by atoms with van der Waals surface area (Å²) in [5.41, 5.74) is 3.76. The van der Waals surface area contributed by atoms with Crippen LogP contribution in [0, 0.1) is 6.92 Å². The number of rotatable bonds is 6. The van der Waals surface area contributed by atoms with Crippen molar-refractivity contribution < 1.29 is 19.1 Å². The zero-order chi connectivity index (χ0) is 20.1. The largest absolute Gasteiger partial charge is 0.494 e. The van der Waals surface area contributed by atoms with Crippen LogP contribution in [0.1, 0.15) is 16.1 Å². The molecule has 2 aromatic heterocycles. The number of carbonyl (C=O) groups is 2. The van der Waals surface area contributed by atoms with Crippen molar-refractivity contribution in [3.05, 3.63) is 66.2 Å². The van der Waals surface area contributed by atoms with Crippen LogP contribution in [0.15, 0.2) is 55.0 Å². The van der Waals surface area contributed by atoms with Crippen LogP contribution in [0.3, 0.4) is 0 Å². The van der Waals surface area contributed by atoms with Crippen LogP contribution in [0.2, 0.25) is 0 Å². The highest BCUT2D eigenvalue weighted by Gasteiger charge is 2.20. The molecule has 0 aliphatic carbocycles. The second-order valence-corrected chi connectivity index (χ2v) is 6.08. The first-order valence-corrected chi connectivity index (χ1v) is 8.67. The number of hydrogen-bond donors (Lipinski definition) is 1. The van der Waals surface area contributed by atoms with E-state index in [-0.39, 0.29) is 12.2 Å². The normalized spacial score (nSPS) is 10.4. The van der Waals surface area contributed by atoms with Gasteiger partial charge < -0.3 is 19.4 Å². The average Bonchev–Trinajstić information content (AvgIpc) is 3.22. The van der Waals surface area contributed by atoms with E-state index in [1.165, 1.54) is 14.2 Å². The van der Waals surface area contributed by atoms with Crippen LogP contribution in [0.4, 0.5) is 0 Å². The summed E-state index contributed by atoms with van der Waals surface area (Å²) in [6.45, 7) is 1.63. The van der Waals surface area contributed by atoms with Gasteiger partial charge in [-0.05, 0) is 25.1 Å². The Morgan fingerprint density at radius 1 is 1.14 bits per heavy atom. The number of esters is 1. The molecule has 0 atom stereocenters. The van der Waals surface area contributed by atoms with E-state index in [1.54, 1.807) is 6.20 Å². The van der Waals surface area contributed by atoms with Crippen molar-refractivity contribution in [1.82, 2.24) is 14.9 Å². The maximum Gasteiger partial charge on any atom is 0.325 e. The lowest BCUT2D eigenvalue weighted by Gasteiger charge is -2.13. The number of amides is 1. The van der Waals surface area contributed by atoms with Gasteiger partial charge in [0.15, 0.2) is 11.4 Å². The number of hydrogen-bond acceptors (Lipinski definition) is 5. The molecule has 3 rings (SSSR count). The SMILES string of the molecule is COC(=O)CNC(=O)c1ncc(-c2ccn(-c3ccccc3)c2)c(C)c1OC. The third kappa shape index (κ3) is 3.88. The molecule has 0 saturated carbocycles. The molecule has 7 nitrogen and oxygen atoms in total. The molecular weight excluding hydrogens is 358 g/mol. The summed E-state index contributed by atoms with van der Waals surface area (Å²) in [5.74, 6) is -0.672. The fraction of sp³-hybridized carbons (Fsp3) is 0.190. The Hall–Kier alpha value is -3.61. The monoisotopic (exact) mass is 379 g/mol. The van der Waals surface area contributed by atoms with E-state index < -0.39 is 11.9 Å². The van der Waals surface area contributed by atoms with Gasteiger partial charge in [0.25, 0.3) is 5.91 Å². The second-order valence-electron chi connectivity index (χ2n) is 6.08. The highest BCUT2D eigenvalue weighted by Crippen LogP contribution is 2.32. The van der Waals surface area contributed by atoms with Crippen molar-refractivity contribution in [3.63, 3.8) is 0 Å². The van der Waals surface area contributed by atoms with Gasteiger partial charge in [0.2, 0.25) is 0 Å². The summed E-state index contributed by atoms with van der Waals surface area (Å²) in [5, 5.41) is 2.48. The fourth-order valence-corrected chi connectivity index (χ4v) is 2.91. The van der Waals surface area contributed by atoms with Crippen molar-refractivity contribution in [1.29, 1.82) is 0 Å². The molecule has 144 valence electrons. The van der Waals surface area contributed by atoms with Gasteiger partial charge in [-0.1, -0.05) is 18.2 Å². The van der Waals surface area contributed by atoms with Gasteiger partial charge in [0.05, 0.1) is 14.2 Å². The van der Waals surface area contributed by atoms with E-state index in [9.17, 15) is 9.59 Å². The number of aromatic nitrogens is 2. The summed E-state index contributed by atoms with van der Waals surface area (Å²) < 4.78 is 12.0. The minimum Gasteiger partial charge on any atom is -0.494 e. The summed E-state index contributed by atoms with van der Waals surface area (Å²) >= 11 is 0. The summed E-state index contributed by atoms with van der Waals surface area (Å²) in [6, 6.07) is 11.9. The van der Waals surface area contributed by atoms with Crippen molar-refractivity contribution in [3.8, 4) is 22.6 Å². The van der Waals surface area contributed by atoms with Gasteiger partial charge in [-0.25, -0.2) is 4.98 Å². The molecule has 0 radical (unpaired) electrons. The Balaban J connectivity index is 1.91. The molecule has 0 unspecified atom stereocenters. The van der Waals surface area contributed by atoms with Gasteiger partial charge in [-0.3, -0.25) is 9.59 Å². The van der Waals surface area contributed by atoms with E-state index >= 15 is 0 Å². The van der Waals surface area contributed by atoms with Gasteiger partial charge >= 0.3 is 5.97 Å². The number of nitrogens with zero attached hydrogens (tertiary/aromatic N) is 2. The first-order chi connectivity index (χ1) is 13.5. The lowest BCUT2D eigenvalue weighted by atomic mass is 10.0. The maximum atomic E-state index is 12.4. The summed E-state index contributed by atoms with van der Waals surface area (Å²) in [4.78, 5) is 27.9. The van der Waals surface area contributed by atoms with Gasteiger partial charge in [-0.15, -0.1) is 0 Å². The zero-order valence-electron chi connectivity index (χ0n) is 15.9. The Bertz CT molecular complexity index is 996. The van der Waals surface area contributed by atoms with Crippen molar-refractivity contribution in [2.24, 2.45) is 0 Å². The lowest BCUT2D eigenvalue weighted by molar-refractivity contribution is -0.139. The Labute approximate surface area is 162 Å². The number of carbonyl (C=O) groups excluding carboxylic acids is 2. The third-order valence-electron chi connectivity index (χ3n) is 4.38. The molecule has 1 aromatic carbocycles. The number of methoxy groups -OCH3 is 2. The van der Waals surface area contributed by atoms with E-state index in [0.717, 1.165) is 22.4 Å². The number of benzene rings is 1. The molecule has 3 aromatic rings. The van der Waals surface area contributed by atoms with Crippen LogP contribution in [0.25, 0.3) is 16.8 Å². The van der Waals surface area contributed by atoms with Crippen LogP contribution < -0.4 is 10.1 Å².